The van der Waals surface area contributed by atoms with Crippen LogP contribution in [0.15, 0.2) is 35.3 Å². The Hall–Kier alpha value is -4.16. The van der Waals surface area contributed by atoms with Crippen molar-refractivity contribution in [2.75, 3.05) is 20.1 Å². The Balaban J connectivity index is 2.47. The number of benzene rings is 1. The van der Waals surface area contributed by atoms with E-state index in [1.54, 1.807) is 63.9 Å². The van der Waals surface area contributed by atoms with Gasteiger partial charge in [-0.15, -0.1) is 0 Å². The second-order valence-corrected chi connectivity index (χ2v) is 11.5. The summed E-state index contributed by atoms with van der Waals surface area (Å²) in [5.41, 5.74) is 10.1. The van der Waals surface area contributed by atoms with Crippen LogP contribution in [0.25, 0.3) is 0 Å². The molecule has 13 heteroatoms. The van der Waals surface area contributed by atoms with Crippen molar-refractivity contribution in [3.05, 3.63) is 35.9 Å². The largest absolute Gasteiger partial charge is 0.370 e. The maximum atomic E-state index is 13.7. The van der Waals surface area contributed by atoms with Gasteiger partial charge in [0.05, 0.1) is 0 Å². The molecule has 1 heterocycles. The fourth-order valence-corrected chi connectivity index (χ4v) is 4.70. The number of aliphatic imine (C=N–C) groups is 1. The van der Waals surface area contributed by atoms with Crippen molar-refractivity contribution in [2.45, 2.75) is 89.9 Å². The van der Waals surface area contributed by atoms with Crippen LogP contribution in [0, 0.1) is 5.92 Å². The molecule has 0 unspecified atom stereocenters. The maximum absolute atomic E-state index is 13.7. The highest BCUT2D eigenvalue weighted by atomic mass is 16.2. The molecule has 2 rings (SSSR count). The monoisotopic (exact) mass is 600 g/mol. The van der Waals surface area contributed by atoms with Gasteiger partial charge in [-0.3, -0.25) is 29.0 Å². The molecule has 0 saturated carbocycles. The molecule has 1 aliphatic heterocycles. The van der Waals surface area contributed by atoms with Gasteiger partial charge in [0.1, 0.15) is 23.7 Å². The minimum atomic E-state index is -1.33. The van der Waals surface area contributed by atoms with Crippen molar-refractivity contribution in [2.24, 2.45) is 22.4 Å². The number of nitrogens with zero attached hydrogens (tertiary/aromatic N) is 2. The van der Waals surface area contributed by atoms with Crippen LogP contribution in [-0.2, 0) is 24.0 Å². The summed E-state index contributed by atoms with van der Waals surface area (Å²) in [6.07, 6.45) is 2.10. The van der Waals surface area contributed by atoms with Gasteiger partial charge in [0.2, 0.25) is 29.5 Å². The average molecular weight is 601 g/mol. The van der Waals surface area contributed by atoms with Gasteiger partial charge in [0, 0.05) is 26.1 Å². The lowest BCUT2D eigenvalue weighted by atomic mass is 9.91. The molecule has 1 aliphatic rings. The zero-order chi connectivity index (χ0) is 32.2. The molecule has 8 N–H and O–H groups in total. The number of carbonyl (C=O) groups excluding carboxylic acids is 5. The molecule has 1 saturated heterocycles. The summed E-state index contributed by atoms with van der Waals surface area (Å²) >= 11 is 0. The third-order valence-corrected chi connectivity index (χ3v) is 7.50. The Morgan fingerprint density at radius 1 is 1.05 bits per heavy atom. The van der Waals surface area contributed by atoms with Gasteiger partial charge < -0.3 is 37.6 Å². The summed E-state index contributed by atoms with van der Waals surface area (Å²) in [6.45, 7) is 7.42. The Labute approximate surface area is 254 Å². The van der Waals surface area contributed by atoms with Crippen molar-refractivity contribution in [3.63, 3.8) is 0 Å². The van der Waals surface area contributed by atoms with Crippen molar-refractivity contribution < 1.29 is 24.0 Å². The van der Waals surface area contributed by atoms with Gasteiger partial charge in [-0.05, 0) is 51.0 Å². The summed E-state index contributed by atoms with van der Waals surface area (Å²) in [5, 5.41) is 11.2. The molecule has 238 valence electrons. The van der Waals surface area contributed by atoms with Crippen LogP contribution < -0.4 is 32.7 Å². The number of carbonyl (C=O) groups is 5. The lowest BCUT2D eigenvalue weighted by Crippen LogP contribution is -2.62. The Bertz CT molecular complexity index is 1150. The molecule has 13 nitrogen and oxygen atoms in total. The Kier molecular flexibility index (Phi) is 13.4. The predicted octanol–water partition coefficient (Wildman–Crippen LogP) is 0.450. The lowest BCUT2D eigenvalue weighted by molar-refractivity contribution is -0.138. The lowest BCUT2D eigenvalue weighted by Gasteiger charge is -2.33. The number of hydrogen-bond donors (Lipinski definition) is 6. The minimum Gasteiger partial charge on any atom is -0.370 e. The van der Waals surface area contributed by atoms with Gasteiger partial charge >= 0.3 is 0 Å². The van der Waals surface area contributed by atoms with E-state index in [2.05, 4.69) is 26.3 Å². The standard InChI is InChI=1S/C30H48N8O5/c1-6-21-25(40)36-23(20-13-8-7-9-14-20)27(42)38(5)18-11-10-16-30(4,37-24(39)19(2)3)28(43)35-22(26(41)34-21)15-12-17-33-29(31)32/h7-9,13-14,19,21-23H,6,10-12,15-18H2,1-5H3,(H,34,41)(H,35,43)(H,36,40)(H,37,39)(H4,31,32,33)/t21-,22-,23+,30+/m0/s1. The molecule has 0 aromatic heterocycles. The Morgan fingerprint density at radius 2 is 1.70 bits per heavy atom. The minimum absolute atomic E-state index is 0.0914. The van der Waals surface area contributed by atoms with E-state index in [4.69, 9.17) is 11.5 Å². The fourth-order valence-electron chi connectivity index (χ4n) is 4.70. The molecule has 0 aliphatic carbocycles. The first-order valence-corrected chi connectivity index (χ1v) is 14.9. The van der Waals surface area contributed by atoms with Crippen molar-refractivity contribution in [1.29, 1.82) is 0 Å². The molecule has 1 aromatic rings. The maximum Gasteiger partial charge on any atom is 0.249 e. The van der Waals surface area contributed by atoms with E-state index in [9.17, 15) is 24.0 Å². The van der Waals surface area contributed by atoms with Crippen LogP contribution in [-0.4, -0.2) is 78.2 Å². The van der Waals surface area contributed by atoms with E-state index in [1.807, 2.05) is 6.07 Å². The number of rotatable bonds is 8. The number of hydrogen-bond acceptors (Lipinski definition) is 6. The molecule has 1 aromatic carbocycles. The normalized spacial score (nSPS) is 24.5. The summed E-state index contributed by atoms with van der Waals surface area (Å²) in [7, 11) is 1.66. The van der Waals surface area contributed by atoms with Crippen LogP contribution in [0.4, 0.5) is 0 Å². The third kappa shape index (κ3) is 10.6. The molecule has 0 radical (unpaired) electrons. The molecule has 0 bridgehead atoms. The number of likely N-dealkylation sites (N-methyl/N-ethyl adjacent to an activating group) is 1. The second-order valence-electron chi connectivity index (χ2n) is 11.5. The SMILES string of the molecule is CC[C@@H]1NC(=O)[C@H](CCCN=C(N)N)NC(=O)[C@](C)(NC(=O)C(C)C)CCCCN(C)C(=O)[C@@H](c2ccccc2)NC1=O. The molecular weight excluding hydrogens is 552 g/mol. The van der Waals surface area contributed by atoms with E-state index < -0.39 is 41.4 Å². The van der Waals surface area contributed by atoms with E-state index in [-0.39, 0.29) is 49.5 Å². The van der Waals surface area contributed by atoms with Gasteiger partial charge in [-0.1, -0.05) is 51.1 Å². The zero-order valence-electron chi connectivity index (χ0n) is 25.9. The van der Waals surface area contributed by atoms with Crippen molar-refractivity contribution in [1.82, 2.24) is 26.2 Å². The van der Waals surface area contributed by atoms with Gasteiger partial charge in [0.25, 0.3) is 0 Å². The summed E-state index contributed by atoms with van der Waals surface area (Å²) in [4.78, 5) is 72.5. The summed E-state index contributed by atoms with van der Waals surface area (Å²) < 4.78 is 0. The highest BCUT2D eigenvalue weighted by molar-refractivity contribution is 5.97. The Morgan fingerprint density at radius 3 is 2.30 bits per heavy atom. The molecule has 1 fully saturated rings. The quantitative estimate of drug-likeness (QED) is 0.141. The summed E-state index contributed by atoms with van der Waals surface area (Å²) in [5.74, 6) is -2.71. The van der Waals surface area contributed by atoms with Gasteiger partial charge in [-0.2, -0.15) is 0 Å². The topological polar surface area (TPSA) is 201 Å². The van der Waals surface area contributed by atoms with E-state index in [0.29, 0.717) is 31.4 Å². The van der Waals surface area contributed by atoms with Gasteiger partial charge in [0.15, 0.2) is 5.96 Å². The number of guanidine groups is 1. The predicted molar refractivity (Wildman–Crippen MR) is 164 cm³/mol. The van der Waals surface area contributed by atoms with Crippen LogP contribution in [0.3, 0.4) is 0 Å². The molecule has 43 heavy (non-hydrogen) atoms. The van der Waals surface area contributed by atoms with Crippen molar-refractivity contribution in [3.8, 4) is 0 Å². The van der Waals surface area contributed by atoms with Crippen LogP contribution in [0.1, 0.15) is 77.8 Å². The van der Waals surface area contributed by atoms with Crippen molar-refractivity contribution >= 4 is 35.5 Å². The number of nitrogens with one attached hydrogen (secondary N) is 4. The van der Waals surface area contributed by atoms with E-state index in [0.717, 1.165) is 0 Å². The number of nitrogens with two attached hydrogens (primary N) is 2. The third-order valence-electron chi connectivity index (χ3n) is 7.50. The highest BCUT2D eigenvalue weighted by Crippen LogP contribution is 2.20. The molecule has 4 atom stereocenters. The summed E-state index contributed by atoms with van der Waals surface area (Å²) in [6, 6.07) is 5.95. The van der Waals surface area contributed by atoms with Crippen LogP contribution in [0.2, 0.25) is 0 Å². The van der Waals surface area contributed by atoms with E-state index in [1.165, 1.54) is 0 Å². The zero-order valence-corrected chi connectivity index (χ0v) is 25.9. The second kappa shape index (κ2) is 16.5. The fraction of sp³-hybridized carbons (Fsp3) is 0.600. The molecule has 0 spiro atoms. The van der Waals surface area contributed by atoms with Gasteiger partial charge in [-0.25, -0.2) is 0 Å². The molecule has 5 amide bonds. The first kappa shape index (κ1) is 35.0. The van der Waals surface area contributed by atoms with Crippen LogP contribution in [0.5, 0.6) is 0 Å². The average Bonchev–Trinajstić information content (AvgIpc) is 2.97. The van der Waals surface area contributed by atoms with E-state index >= 15 is 0 Å². The smallest absolute Gasteiger partial charge is 0.249 e. The van der Waals surface area contributed by atoms with Crippen LogP contribution >= 0.6 is 0 Å². The first-order valence-electron chi connectivity index (χ1n) is 14.9. The molecular formula is C30H48N8O5. The first-order chi connectivity index (χ1) is 20.3. The number of amides is 5. The highest BCUT2D eigenvalue weighted by Gasteiger charge is 2.38.